The molecule has 0 bridgehead atoms. The van der Waals surface area contributed by atoms with Crippen molar-refractivity contribution in [3.05, 3.63) is 34.2 Å². The number of alkyl halides is 2. The Hall–Kier alpha value is -3.26. The summed E-state index contributed by atoms with van der Waals surface area (Å²) < 4.78 is 43.2. The molecule has 38 heavy (non-hydrogen) atoms. The van der Waals surface area contributed by atoms with E-state index in [0.717, 1.165) is 6.42 Å². The van der Waals surface area contributed by atoms with Crippen molar-refractivity contribution in [2.75, 3.05) is 13.1 Å². The van der Waals surface area contributed by atoms with E-state index in [0.29, 0.717) is 18.5 Å². The summed E-state index contributed by atoms with van der Waals surface area (Å²) in [4.78, 5) is 43.3. The van der Waals surface area contributed by atoms with Crippen molar-refractivity contribution >= 4 is 40.2 Å². The number of amides is 3. The Kier molecular flexibility index (Phi) is 6.80. The monoisotopic (exact) mass is 549 g/mol. The average Bonchev–Trinajstić information content (AvgIpc) is 3.53. The van der Waals surface area contributed by atoms with Crippen LogP contribution in [0.15, 0.2) is 12.1 Å². The minimum absolute atomic E-state index is 0.0216. The van der Waals surface area contributed by atoms with E-state index < -0.39 is 66.2 Å². The number of halogens is 4. The molecule has 8 nitrogen and oxygen atoms in total. The fourth-order valence-corrected chi connectivity index (χ4v) is 6.41. The molecule has 12 heteroatoms. The SMILES string of the molecule is Cc1cc(F)c2cc(C(=O)N3CC4CC(F)(F)CC4C3C(=O)NC(C#N)CC3CCCNC3=O)[nH]c2c1Cl. The number of aromatic nitrogens is 1. The maximum Gasteiger partial charge on any atom is 0.271 e. The molecular formula is C26H27ClF3N5O3. The van der Waals surface area contributed by atoms with Crippen LogP contribution in [0.2, 0.25) is 5.02 Å². The Morgan fingerprint density at radius 1 is 1.34 bits per heavy atom. The Morgan fingerprint density at radius 2 is 2.11 bits per heavy atom. The van der Waals surface area contributed by atoms with Crippen molar-refractivity contribution in [1.82, 2.24) is 20.5 Å². The molecular weight excluding hydrogens is 523 g/mol. The van der Waals surface area contributed by atoms with E-state index in [-0.39, 0.29) is 40.5 Å². The summed E-state index contributed by atoms with van der Waals surface area (Å²) in [5.41, 5.74) is 0.684. The molecule has 5 unspecified atom stereocenters. The molecule has 1 aromatic heterocycles. The third-order valence-electron chi connectivity index (χ3n) is 8.01. The van der Waals surface area contributed by atoms with Crippen LogP contribution in [0.25, 0.3) is 10.9 Å². The lowest BCUT2D eigenvalue weighted by Gasteiger charge is -2.29. The Bertz CT molecular complexity index is 1360. The molecule has 1 saturated carbocycles. The molecule has 2 aromatic rings. The first kappa shape index (κ1) is 26.4. The molecule has 5 rings (SSSR count). The fourth-order valence-electron chi connectivity index (χ4n) is 6.20. The minimum Gasteiger partial charge on any atom is -0.356 e. The minimum atomic E-state index is -2.97. The lowest BCUT2D eigenvalue weighted by molar-refractivity contribution is -0.129. The maximum absolute atomic E-state index is 14.6. The zero-order valence-corrected chi connectivity index (χ0v) is 21.4. The number of aryl methyl sites for hydroxylation is 1. The molecule has 2 saturated heterocycles. The highest BCUT2D eigenvalue weighted by atomic mass is 35.5. The highest BCUT2D eigenvalue weighted by Crippen LogP contribution is 2.50. The molecule has 202 valence electrons. The number of hydrogen-bond acceptors (Lipinski definition) is 4. The van der Waals surface area contributed by atoms with Crippen LogP contribution in [-0.4, -0.2) is 58.7 Å². The van der Waals surface area contributed by atoms with Crippen LogP contribution in [0, 0.1) is 41.8 Å². The lowest BCUT2D eigenvalue weighted by atomic mass is 9.90. The van der Waals surface area contributed by atoms with Crippen molar-refractivity contribution < 1.29 is 27.6 Å². The second kappa shape index (κ2) is 9.80. The van der Waals surface area contributed by atoms with E-state index >= 15 is 0 Å². The van der Waals surface area contributed by atoms with Crippen LogP contribution in [0.4, 0.5) is 13.2 Å². The number of benzene rings is 1. The van der Waals surface area contributed by atoms with E-state index in [2.05, 4.69) is 15.6 Å². The van der Waals surface area contributed by atoms with Crippen LogP contribution >= 0.6 is 11.6 Å². The second-order valence-corrected chi connectivity index (χ2v) is 11.0. The van der Waals surface area contributed by atoms with Gasteiger partial charge in [-0.15, -0.1) is 0 Å². The van der Waals surface area contributed by atoms with E-state index in [1.165, 1.54) is 17.0 Å². The number of likely N-dealkylation sites (tertiary alicyclic amines) is 1. The number of aromatic amines is 1. The summed E-state index contributed by atoms with van der Waals surface area (Å²) in [6.45, 7) is 2.10. The molecule has 2 aliphatic heterocycles. The summed E-state index contributed by atoms with van der Waals surface area (Å²) in [6, 6.07) is 2.26. The van der Waals surface area contributed by atoms with Gasteiger partial charge in [-0.1, -0.05) is 11.6 Å². The summed E-state index contributed by atoms with van der Waals surface area (Å²) in [7, 11) is 0. The number of nitriles is 1. The van der Waals surface area contributed by atoms with Crippen LogP contribution in [0.1, 0.15) is 48.2 Å². The quantitative estimate of drug-likeness (QED) is 0.527. The number of carbonyl (C=O) groups is 3. The van der Waals surface area contributed by atoms with Crippen LogP contribution in [-0.2, 0) is 9.59 Å². The summed E-state index contributed by atoms with van der Waals surface area (Å²) in [5.74, 6) is -6.97. The fraction of sp³-hybridized carbons (Fsp3) is 0.538. The molecule has 0 spiro atoms. The maximum atomic E-state index is 14.6. The third kappa shape index (κ3) is 4.70. The highest BCUT2D eigenvalue weighted by molar-refractivity contribution is 6.36. The Morgan fingerprint density at radius 3 is 2.82 bits per heavy atom. The van der Waals surface area contributed by atoms with Crippen LogP contribution in [0.5, 0.6) is 0 Å². The van der Waals surface area contributed by atoms with Gasteiger partial charge in [0.05, 0.1) is 16.6 Å². The van der Waals surface area contributed by atoms with Gasteiger partial charge in [-0.2, -0.15) is 5.26 Å². The number of fused-ring (bicyclic) bond motifs is 2. The second-order valence-electron chi connectivity index (χ2n) is 10.6. The number of nitrogens with zero attached hydrogens (tertiary/aromatic N) is 2. The predicted octanol–water partition coefficient (Wildman–Crippen LogP) is 3.68. The standard InChI is InChI=1S/C26H27ClF3N5O3/c1-12-5-18(28)16-7-19(34-21(16)20(12)27)25(38)35-11-14-8-26(29,30)9-17(14)22(35)24(37)33-15(10-31)6-13-3-2-4-32-23(13)36/h5,7,13-15,17,22,34H,2-4,6,8-9,11H2,1H3,(H,32,36)(H,33,37). The lowest BCUT2D eigenvalue weighted by Crippen LogP contribution is -2.52. The zero-order valence-electron chi connectivity index (χ0n) is 20.6. The van der Waals surface area contributed by atoms with Gasteiger partial charge in [0.15, 0.2) is 0 Å². The molecule has 3 fully saturated rings. The van der Waals surface area contributed by atoms with Crippen molar-refractivity contribution in [3.63, 3.8) is 0 Å². The molecule has 3 amide bonds. The molecule has 1 aliphatic carbocycles. The first-order valence-corrected chi connectivity index (χ1v) is 13.0. The number of piperidine rings is 1. The highest BCUT2D eigenvalue weighted by Gasteiger charge is 2.58. The Balaban J connectivity index is 1.41. The van der Waals surface area contributed by atoms with Crippen molar-refractivity contribution in [2.24, 2.45) is 17.8 Å². The van der Waals surface area contributed by atoms with Gasteiger partial charge in [-0.25, -0.2) is 13.2 Å². The molecule has 5 atom stereocenters. The van der Waals surface area contributed by atoms with Gasteiger partial charge in [0.25, 0.3) is 5.91 Å². The summed E-state index contributed by atoms with van der Waals surface area (Å²) in [6.07, 6.45) is 0.387. The summed E-state index contributed by atoms with van der Waals surface area (Å²) >= 11 is 6.30. The number of rotatable bonds is 5. The van der Waals surface area contributed by atoms with Crippen molar-refractivity contribution in [1.29, 1.82) is 5.26 Å². The molecule has 1 aromatic carbocycles. The first-order chi connectivity index (χ1) is 18.0. The summed E-state index contributed by atoms with van der Waals surface area (Å²) in [5, 5.41) is 15.3. The Labute approximate surface area is 221 Å². The van der Waals surface area contributed by atoms with E-state index in [1.807, 2.05) is 6.07 Å². The third-order valence-corrected chi connectivity index (χ3v) is 8.50. The number of nitrogens with one attached hydrogen (secondary N) is 3. The molecule has 0 radical (unpaired) electrons. The smallest absolute Gasteiger partial charge is 0.271 e. The first-order valence-electron chi connectivity index (χ1n) is 12.6. The molecule has 3 heterocycles. The van der Waals surface area contributed by atoms with Crippen LogP contribution < -0.4 is 10.6 Å². The van der Waals surface area contributed by atoms with Gasteiger partial charge in [-0.3, -0.25) is 14.4 Å². The number of carbonyl (C=O) groups excluding carboxylic acids is 3. The van der Waals surface area contributed by atoms with Crippen molar-refractivity contribution in [2.45, 2.75) is 57.0 Å². The van der Waals surface area contributed by atoms with Gasteiger partial charge < -0.3 is 20.5 Å². The van der Waals surface area contributed by atoms with Crippen LogP contribution in [0.3, 0.4) is 0 Å². The van der Waals surface area contributed by atoms with E-state index in [9.17, 15) is 32.8 Å². The van der Waals surface area contributed by atoms with Gasteiger partial charge in [-0.05, 0) is 55.7 Å². The number of hydrogen-bond donors (Lipinski definition) is 3. The normalized spacial score (nSPS) is 27.1. The number of H-pyrrole nitrogens is 1. The predicted molar refractivity (Wildman–Crippen MR) is 132 cm³/mol. The van der Waals surface area contributed by atoms with Gasteiger partial charge in [0, 0.05) is 37.2 Å². The van der Waals surface area contributed by atoms with E-state index in [4.69, 9.17) is 11.6 Å². The zero-order chi connectivity index (χ0) is 27.4. The molecule has 3 N–H and O–H groups in total. The molecule has 3 aliphatic rings. The van der Waals surface area contributed by atoms with Gasteiger partial charge in [0.2, 0.25) is 17.7 Å². The van der Waals surface area contributed by atoms with Crippen molar-refractivity contribution in [3.8, 4) is 6.07 Å². The van der Waals surface area contributed by atoms with Gasteiger partial charge >= 0.3 is 0 Å². The largest absolute Gasteiger partial charge is 0.356 e. The van der Waals surface area contributed by atoms with Gasteiger partial charge in [0.1, 0.15) is 23.6 Å². The van der Waals surface area contributed by atoms with E-state index in [1.54, 1.807) is 6.92 Å². The average molecular weight is 550 g/mol. The topological polar surface area (TPSA) is 118 Å².